The molecule has 1 aromatic carbocycles. The van der Waals surface area contributed by atoms with Gasteiger partial charge in [-0.15, -0.1) is 25.8 Å². The first-order valence-corrected chi connectivity index (χ1v) is 3.98. The van der Waals surface area contributed by atoms with Crippen LogP contribution in [-0.2, 0) is 4.74 Å². The second-order valence-electron chi connectivity index (χ2n) is 2.33. The fourth-order valence-electron chi connectivity index (χ4n) is 0.812. The molecule has 0 saturated heterocycles. The van der Waals surface area contributed by atoms with Gasteiger partial charge in [0.15, 0.2) is 0 Å². The first kappa shape index (κ1) is 10.4. The zero-order valence-corrected chi connectivity index (χ0v) is 7.35. The fourth-order valence-corrected chi connectivity index (χ4v) is 1.10. The van der Waals surface area contributed by atoms with E-state index in [1.165, 1.54) is 12.1 Å². The van der Waals surface area contributed by atoms with E-state index in [0.29, 0.717) is 5.56 Å². The predicted molar refractivity (Wildman–Crippen MR) is 45.3 cm³/mol. The second-order valence-corrected chi connectivity index (χ2v) is 2.80. The molecular formula is C8H7F3OS. The Morgan fingerprint density at radius 3 is 2.15 bits per heavy atom. The Morgan fingerprint density at radius 1 is 1.15 bits per heavy atom. The Balaban J connectivity index is 2.64. The molecule has 0 saturated carbocycles. The van der Waals surface area contributed by atoms with Crippen molar-refractivity contribution in [3.05, 3.63) is 35.9 Å². The Kier molecular flexibility index (Phi) is 3.22. The first-order valence-electron chi connectivity index (χ1n) is 3.46. The molecule has 0 amide bonds. The van der Waals surface area contributed by atoms with E-state index >= 15 is 0 Å². The lowest BCUT2D eigenvalue weighted by Crippen LogP contribution is -2.14. The largest absolute Gasteiger partial charge is 0.523 e. The summed E-state index contributed by atoms with van der Waals surface area (Å²) in [5, 5.41) is 0. The molecule has 0 aliphatic rings. The van der Waals surface area contributed by atoms with Crippen molar-refractivity contribution in [3.63, 3.8) is 0 Å². The molecule has 0 aromatic heterocycles. The number of alkyl halides is 3. The van der Waals surface area contributed by atoms with Crippen LogP contribution in [0.5, 0.6) is 0 Å². The van der Waals surface area contributed by atoms with Crippen molar-refractivity contribution in [1.82, 2.24) is 0 Å². The standard InChI is InChI=1S/C8H7F3OS/c9-8(10,11)12-7(13)6-4-2-1-3-5-6/h1-5,7,13H. The molecule has 0 fully saturated rings. The summed E-state index contributed by atoms with van der Waals surface area (Å²) in [6, 6.07) is 7.99. The summed E-state index contributed by atoms with van der Waals surface area (Å²) in [6.07, 6.45) is -4.65. The number of benzene rings is 1. The molecule has 1 rings (SSSR count). The van der Waals surface area contributed by atoms with Crippen molar-refractivity contribution in [3.8, 4) is 0 Å². The third-order valence-electron chi connectivity index (χ3n) is 1.33. The lowest BCUT2D eigenvalue weighted by atomic mass is 10.2. The van der Waals surface area contributed by atoms with E-state index in [4.69, 9.17) is 0 Å². The van der Waals surface area contributed by atoms with Crippen LogP contribution in [-0.4, -0.2) is 6.36 Å². The zero-order valence-electron chi connectivity index (χ0n) is 6.45. The van der Waals surface area contributed by atoms with Crippen LogP contribution in [0.4, 0.5) is 13.2 Å². The summed E-state index contributed by atoms with van der Waals surface area (Å²) in [5.74, 6) is 0. The van der Waals surface area contributed by atoms with Crippen molar-refractivity contribution in [2.75, 3.05) is 0 Å². The number of ether oxygens (including phenoxy) is 1. The van der Waals surface area contributed by atoms with Gasteiger partial charge in [-0.1, -0.05) is 30.3 Å². The summed E-state index contributed by atoms with van der Waals surface area (Å²) in [7, 11) is 0. The van der Waals surface area contributed by atoms with Crippen LogP contribution in [0.25, 0.3) is 0 Å². The number of hydrogen-bond acceptors (Lipinski definition) is 2. The van der Waals surface area contributed by atoms with Crippen LogP contribution >= 0.6 is 12.6 Å². The molecule has 0 heterocycles. The molecule has 72 valence electrons. The van der Waals surface area contributed by atoms with Gasteiger partial charge in [-0.05, 0) is 5.56 Å². The number of thiol groups is 1. The SMILES string of the molecule is FC(F)(F)OC(S)c1ccccc1. The summed E-state index contributed by atoms with van der Waals surface area (Å²) < 4.78 is 38.8. The van der Waals surface area contributed by atoms with Gasteiger partial charge < -0.3 is 0 Å². The van der Waals surface area contributed by atoms with E-state index in [-0.39, 0.29) is 0 Å². The normalized spacial score (nSPS) is 14.2. The number of halogens is 3. The monoisotopic (exact) mass is 208 g/mol. The Bertz CT molecular complexity index is 260. The molecule has 13 heavy (non-hydrogen) atoms. The molecule has 1 atom stereocenters. The minimum Gasteiger partial charge on any atom is -0.273 e. The molecular weight excluding hydrogens is 201 g/mol. The predicted octanol–water partition coefficient (Wildman–Crippen LogP) is 3.15. The third-order valence-corrected chi connectivity index (χ3v) is 1.73. The minimum atomic E-state index is -4.65. The molecule has 0 aliphatic heterocycles. The van der Waals surface area contributed by atoms with Gasteiger partial charge in [-0.25, -0.2) is 0 Å². The van der Waals surface area contributed by atoms with Gasteiger partial charge in [0.2, 0.25) is 0 Å². The maximum absolute atomic E-state index is 11.7. The van der Waals surface area contributed by atoms with Gasteiger partial charge in [0.1, 0.15) is 5.44 Å². The zero-order chi connectivity index (χ0) is 9.90. The highest BCUT2D eigenvalue weighted by molar-refractivity contribution is 7.80. The van der Waals surface area contributed by atoms with Gasteiger partial charge in [-0.3, -0.25) is 4.74 Å². The van der Waals surface area contributed by atoms with E-state index in [2.05, 4.69) is 17.4 Å². The molecule has 1 nitrogen and oxygen atoms in total. The number of hydrogen-bond donors (Lipinski definition) is 1. The quantitative estimate of drug-likeness (QED) is 0.580. The lowest BCUT2D eigenvalue weighted by molar-refractivity contribution is -0.331. The van der Waals surface area contributed by atoms with Gasteiger partial charge in [0.25, 0.3) is 0 Å². The van der Waals surface area contributed by atoms with Crippen LogP contribution in [0, 0.1) is 0 Å². The highest BCUT2D eigenvalue weighted by Gasteiger charge is 2.32. The van der Waals surface area contributed by atoms with E-state index in [9.17, 15) is 13.2 Å². The maximum Gasteiger partial charge on any atom is 0.523 e. The Morgan fingerprint density at radius 2 is 1.69 bits per heavy atom. The van der Waals surface area contributed by atoms with Gasteiger partial charge in [-0.2, -0.15) is 0 Å². The van der Waals surface area contributed by atoms with Crippen LogP contribution in [0.3, 0.4) is 0 Å². The van der Waals surface area contributed by atoms with Crippen LogP contribution in [0.15, 0.2) is 30.3 Å². The van der Waals surface area contributed by atoms with Crippen LogP contribution in [0.1, 0.15) is 11.0 Å². The Labute approximate surface area is 78.9 Å². The van der Waals surface area contributed by atoms with E-state index < -0.39 is 11.8 Å². The van der Waals surface area contributed by atoms with Crippen molar-refractivity contribution in [2.45, 2.75) is 11.8 Å². The summed E-state index contributed by atoms with van der Waals surface area (Å²) in [6.45, 7) is 0. The van der Waals surface area contributed by atoms with Crippen LogP contribution in [0.2, 0.25) is 0 Å². The summed E-state index contributed by atoms with van der Waals surface area (Å²) >= 11 is 3.67. The third kappa shape index (κ3) is 3.69. The minimum absolute atomic E-state index is 0.378. The van der Waals surface area contributed by atoms with Gasteiger partial charge in [0, 0.05) is 0 Å². The van der Waals surface area contributed by atoms with E-state index in [1.807, 2.05) is 0 Å². The molecule has 0 radical (unpaired) electrons. The van der Waals surface area contributed by atoms with Crippen molar-refractivity contribution in [1.29, 1.82) is 0 Å². The molecule has 0 spiro atoms. The molecule has 0 bridgehead atoms. The summed E-state index contributed by atoms with van der Waals surface area (Å²) in [5.41, 5.74) is -0.885. The topological polar surface area (TPSA) is 9.23 Å². The van der Waals surface area contributed by atoms with Gasteiger partial charge in [0.05, 0.1) is 0 Å². The number of rotatable bonds is 2. The molecule has 1 unspecified atom stereocenters. The molecule has 5 heteroatoms. The summed E-state index contributed by atoms with van der Waals surface area (Å²) in [4.78, 5) is 0. The van der Waals surface area contributed by atoms with Crippen molar-refractivity contribution >= 4 is 12.6 Å². The highest BCUT2D eigenvalue weighted by Crippen LogP contribution is 2.29. The van der Waals surface area contributed by atoms with E-state index in [0.717, 1.165) is 0 Å². The fraction of sp³-hybridized carbons (Fsp3) is 0.250. The average Bonchev–Trinajstić information content (AvgIpc) is 2.03. The van der Waals surface area contributed by atoms with E-state index in [1.54, 1.807) is 18.2 Å². The highest BCUT2D eigenvalue weighted by atomic mass is 32.1. The molecule has 0 aliphatic carbocycles. The van der Waals surface area contributed by atoms with Crippen LogP contribution < -0.4 is 0 Å². The maximum atomic E-state index is 11.7. The lowest BCUT2D eigenvalue weighted by Gasteiger charge is -2.14. The van der Waals surface area contributed by atoms with Crippen molar-refractivity contribution in [2.24, 2.45) is 0 Å². The molecule has 1 aromatic rings. The second kappa shape index (κ2) is 4.02. The Hall–Kier alpha value is -0.680. The van der Waals surface area contributed by atoms with Gasteiger partial charge >= 0.3 is 6.36 Å². The average molecular weight is 208 g/mol. The van der Waals surface area contributed by atoms with Crippen molar-refractivity contribution < 1.29 is 17.9 Å². The smallest absolute Gasteiger partial charge is 0.273 e. The molecule has 0 N–H and O–H groups in total. The first-order chi connectivity index (χ1) is 5.99.